The van der Waals surface area contributed by atoms with Crippen molar-refractivity contribution in [2.24, 2.45) is 0 Å². The Hall–Kier alpha value is -1.81. The van der Waals surface area contributed by atoms with E-state index in [0.29, 0.717) is 5.69 Å². The van der Waals surface area contributed by atoms with Crippen LogP contribution in [0, 0.1) is 0 Å². The fourth-order valence-corrected chi connectivity index (χ4v) is 1.85. The van der Waals surface area contributed by atoms with Crippen LogP contribution in [0.4, 0.5) is 5.69 Å². The molecule has 0 amide bonds. The third-order valence-electron chi connectivity index (χ3n) is 2.19. The molecule has 2 aromatic carbocycles. The minimum Gasteiger partial charge on any atom is -0.286 e. The van der Waals surface area contributed by atoms with Crippen LogP contribution in [0.2, 0.25) is 0 Å². The van der Waals surface area contributed by atoms with Gasteiger partial charge < -0.3 is 0 Å². The van der Waals surface area contributed by atoms with Gasteiger partial charge in [0.1, 0.15) is 0 Å². The first-order valence-corrected chi connectivity index (χ1v) is 6.00. The molecule has 16 heavy (non-hydrogen) atoms. The predicted molar refractivity (Wildman–Crippen MR) is 65.8 cm³/mol. The summed E-state index contributed by atoms with van der Waals surface area (Å²) in [6, 6.07) is 17.1. The number of benzene rings is 2. The third kappa shape index (κ3) is 2.61. The minimum atomic E-state index is -2.61. The zero-order valence-electron chi connectivity index (χ0n) is 8.46. The summed E-state index contributed by atoms with van der Waals surface area (Å²) in [6.45, 7) is 0. The molecule has 3 nitrogen and oxygen atoms in total. The van der Waals surface area contributed by atoms with Crippen LogP contribution in [0.1, 0.15) is 0 Å². The lowest BCUT2D eigenvalue weighted by molar-refractivity contribution is 0.619. The van der Waals surface area contributed by atoms with E-state index >= 15 is 0 Å². The van der Waals surface area contributed by atoms with E-state index in [0.717, 1.165) is 11.1 Å². The molecule has 0 saturated heterocycles. The summed E-state index contributed by atoms with van der Waals surface area (Å²) in [4.78, 5) is 0. The molecule has 2 aromatic rings. The van der Waals surface area contributed by atoms with Crippen molar-refractivity contribution in [1.29, 1.82) is 0 Å². The van der Waals surface area contributed by atoms with Crippen LogP contribution < -0.4 is 4.72 Å². The van der Waals surface area contributed by atoms with Gasteiger partial charge in [0.05, 0.1) is 0 Å². The second-order valence-corrected chi connectivity index (χ2v) is 4.05. The van der Waals surface area contributed by atoms with Crippen LogP contribution in [0.25, 0.3) is 11.1 Å². The van der Waals surface area contributed by atoms with Crippen molar-refractivity contribution in [3.63, 3.8) is 0 Å². The Bertz CT molecular complexity index is 542. The molecule has 0 radical (unpaired) electrons. The minimum absolute atomic E-state index is 0.581. The lowest BCUT2D eigenvalue weighted by Crippen LogP contribution is -1.94. The highest BCUT2D eigenvalue weighted by atomic mass is 32.2. The molecule has 0 aliphatic rings. The van der Waals surface area contributed by atoms with Crippen LogP contribution >= 0.6 is 0 Å². The van der Waals surface area contributed by atoms with Gasteiger partial charge >= 0.3 is 0 Å². The van der Waals surface area contributed by atoms with Gasteiger partial charge in [0, 0.05) is 5.69 Å². The monoisotopic (exact) mass is 233 g/mol. The molecule has 0 spiro atoms. The molecule has 0 aliphatic carbocycles. The zero-order valence-corrected chi connectivity index (χ0v) is 9.35. The van der Waals surface area contributed by atoms with Gasteiger partial charge in [-0.25, -0.2) is 8.42 Å². The Labute approximate surface area is 95.8 Å². The van der Waals surface area contributed by atoms with Gasteiger partial charge in [-0.1, -0.05) is 42.5 Å². The summed E-state index contributed by atoms with van der Waals surface area (Å²) in [7, 11) is -2.61. The summed E-state index contributed by atoms with van der Waals surface area (Å²) in [5.74, 6) is 0. The molecule has 82 valence electrons. The molecule has 0 atom stereocenters. The van der Waals surface area contributed by atoms with Crippen LogP contribution in [0.5, 0.6) is 0 Å². The molecule has 2 rings (SSSR count). The van der Waals surface area contributed by atoms with E-state index in [1.54, 1.807) is 12.1 Å². The predicted octanol–water partition coefficient (Wildman–Crippen LogP) is 2.29. The van der Waals surface area contributed by atoms with Crippen molar-refractivity contribution < 1.29 is 8.42 Å². The number of hydrogen-bond donors (Lipinski definition) is 2. The maximum absolute atomic E-state index is 10.5. The van der Waals surface area contributed by atoms with Gasteiger partial charge in [-0.15, -0.1) is 0 Å². The fourth-order valence-electron chi connectivity index (χ4n) is 1.50. The number of thiol groups is 1. The van der Waals surface area contributed by atoms with Gasteiger partial charge in [-0.05, 0) is 23.3 Å². The van der Waals surface area contributed by atoms with Crippen molar-refractivity contribution >= 4 is 16.6 Å². The highest BCUT2D eigenvalue weighted by Gasteiger charge is 1.98. The lowest BCUT2D eigenvalue weighted by atomic mass is 10.1. The SMILES string of the molecule is O=[SH](=O)Nc1cccc(-c2ccccc2)c1. The topological polar surface area (TPSA) is 46.2 Å². The second-order valence-electron chi connectivity index (χ2n) is 3.32. The maximum atomic E-state index is 10.5. The number of nitrogens with one attached hydrogen (secondary N) is 1. The molecule has 0 aliphatic heterocycles. The van der Waals surface area contributed by atoms with Crippen LogP contribution in [-0.4, -0.2) is 8.42 Å². The molecule has 0 heterocycles. The molecular formula is C12H11NO2S. The smallest absolute Gasteiger partial charge is 0.222 e. The van der Waals surface area contributed by atoms with E-state index in [4.69, 9.17) is 0 Å². The summed E-state index contributed by atoms with van der Waals surface area (Å²) in [6.07, 6.45) is 0. The Morgan fingerprint density at radius 1 is 0.812 bits per heavy atom. The molecule has 0 unspecified atom stereocenters. The van der Waals surface area contributed by atoms with Crippen LogP contribution in [0.3, 0.4) is 0 Å². The Morgan fingerprint density at radius 2 is 1.50 bits per heavy atom. The Morgan fingerprint density at radius 3 is 2.19 bits per heavy atom. The van der Waals surface area contributed by atoms with Crippen molar-refractivity contribution in [2.45, 2.75) is 0 Å². The molecule has 1 N–H and O–H groups in total. The largest absolute Gasteiger partial charge is 0.286 e. The van der Waals surface area contributed by atoms with Crippen molar-refractivity contribution in [2.75, 3.05) is 4.72 Å². The Balaban J connectivity index is 2.36. The highest BCUT2D eigenvalue weighted by molar-refractivity contribution is 7.73. The van der Waals surface area contributed by atoms with Crippen molar-refractivity contribution in [1.82, 2.24) is 0 Å². The Kier molecular flexibility index (Phi) is 3.22. The molecule has 0 fully saturated rings. The van der Waals surface area contributed by atoms with Crippen molar-refractivity contribution in [3.05, 3.63) is 54.6 Å². The van der Waals surface area contributed by atoms with E-state index < -0.39 is 10.9 Å². The maximum Gasteiger partial charge on any atom is 0.222 e. The third-order valence-corrected chi connectivity index (χ3v) is 2.63. The van der Waals surface area contributed by atoms with E-state index in [1.165, 1.54) is 0 Å². The zero-order chi connectivity index (χ0) is 11.4. The summed E-state index contributed by atoms with van der Waals surface area (Å²) >= 11 is 0. The quantitative estimate of drug-likeness (QED) is 0.799. The second kappa shape index (κ2) is 4.81. The number of hydrogen-bond acceptors (Lipinski definition) is 2. The molecule has 0 aromatic heterocycles. The first-order chi connectivity index (χ1) is 7.75. The van der Waals surface area contributed by atoms with Gasteiger partial charge in [0.15, 0.2) is 0 Å². The number of rotatable bonds is 3. The average molecular weight is 233 g/mol. The summed E-state index contributed by atoms with van der Waals surface area (Å²) in [5.41, 5.74) is 2.63. The first kappa shape index (κ1) is 10.7. The van der Waals surface area contributed by atoms with E-state index in [2.05, 4.69) is 4.72 Å². The fraction of sp³-hybridized carbons (Fsp3) is 0. The van der Waals surface area contributed by atoms with E-state index in [9.17, 15) is 8.42 Å². The highest BCUT2D eigenvalue weighted by Crippen LogP contribution is 2.21. The summed E-state index contributed by atoms with van der Waals surface area (Å²) < 4.78 is 23.5. The van der Waals surface area contributed by atoms with Crippen LogP contribution in [-0.2, 0) is 10.9 Å². The molecular weight excluding hydrogens is 222 g/mol. The van der Waals surface area contributed by atoms with Crippen molar-refractivity contribution in [3.8, 4) is 11.1 Å². The molecule has 0 saturated carbocycles. The lowest BCUT2D eigenvalue weighted by Gasteiger charge is -2.04. The standard InChI is InChI=1S/C12H11NO2S/c14-16(15)13-12-8-4-7-11(9-12)10-5-2-1-3-6-10/h1-9,16H,(H,13,14,15). The average Bonchev–Trinajstić information content (AvgIpc) is 2.30. The summed E-state index contributed by atoms with van der Waals surface area (Å²) in [5, 5.41) is 0. The van der Waals surface area contributed by atoms with Gasteiger partial charge in [0.2, 0.25) is 10.9 Å². The molecule has 4 heteroatoms. The number of anilines is 1. The van der Waals surface area contributed by atoms with E-state index in [-0.39, 0.29) is 0 Å². The molecule has 0 bridgehead atoms. The van der Waals surface area contributed by atoms with Crippen LogP contribution in [0.15, 0.2) is 54.6 Å². The van der Waals surface area contributed by atoms with Gasteiger partial charge in [-0.3, -0.25) is 4.72 Å². The van der Waals surface area contributed by atoms with E-state index in [1.807, 2.05) is 42.5 Å². The van der Waals surface area contributed by atoms with Gasteiger partial charge in [-0.2, -0.15) is 0 Å². The first-order valence-electron chi connectivity index (χ1n) is 4.82. The normalized spacial score (nSPS) is 10.3. The van der Waals surface area contributed by atoms with Gasteiger partial charge in [0.25, 0.3) is 0 Å².